The number of carbonyl (C=O) groups is 1. The molecule has 2 bridgehead atoms. The minimum Gasteiger partial charge on any atom is -0.461 e. The maximum absolute atomic E-state index is 14.2. The smallest absolute Gasteiger partial charge is 0.410 e. The summed E-state index contributed by atoms with van der Waals surface area (Å²) in [6.07, 6.45) is 4.40. The molecule has 2 unspecified atom stereocenters. The number of rotatable bonds is 4. The van der Waals surface area contributed by atoms with Crippen LogP contribution in [-0.2, 0) is 17.7 Å². The number of hydrogen-bond acceptors (Lipinski definition) is 8. The molecule has 0 aromatic carbocycles. The fourth-order valence-electron chi connectivity index (χ4n) is 6.98. The average Bonchev–Trinajstić information content (AvgIpc) is 3.43. The Morgan fingerprint density at radius 3 is 2.72 bits per heavy atom. The van der Waals surface area contributed by atoms with Gasteiger partial charge in [-0.2, -0.15) is 9.97 Å². The lowest BCUT2D eigenvalue weighted by Gasteiger charge is -2.42. The number of nitrogens with zero attached hydrogens (tertiary/aromatic N) is 5. The standard InChI is InChI=1S/C26H39FN6O3/c1-25(2,3)36-24(34)33-18-5-6-19(33)15-31(14-18)22-20-7-9-28-12-21(20)29-23(30-22)35-16-26-8-4-10-32(26)13-17(27)11-26/h17-19,28H,4-16H2,1-3H3/t17?,18-,19+,26?. The Morgan fingerprint density at radius 2 is 1.97 bits per heavy atom. The normalized spacial score (nSPS) is 31.9. The minimum atomic E-state index is -0.783. The van der Waals surface area contributed by atoms with E-state index in [-0.39, 0.29) is 23.7 Å². The number of amides is 1. The Morgan fingerprint density at radius 1 is 1.19 bits per heavy atom. The van der Waals surface area contributed by atoms with Gasteiger partial charge < -0.3 is 19.7 Å². The zero-order chi connectivity index (χ0) is 25.1. The highest BCUT2D eigenvalue weighted by Gasteiger charge is 2.50. The van der Waals surface area contributed by atoms with Gasteiger partial charge >= 0.3 is 12.1 Å². The van der Waals surface area contributed by atoms with Crippen molar-refractivity contribution in [3.8, 4) is 6.01 Å². The Balaban J connectivity index is 1.22. The zero-order valence-corrected chi connectivity index (χ0v) is 21.8. The van der Waals surface area contributed by atoms with Crippen molar-refractivity contribution in [2.75, 3.05) is 44.2 Å². The molecule has 4 saturated heterocycles. The predicted octanol–water partition coefficient (Wildman–Crippen LogP) is 2.67. The van der Waals surface area contributed by atoms with Crippen LogP contribution in [0.2, 0.25) is 0 Å². The summed E-state index contributed by atoms with van der Waals surface area (Å²) in [6, 6.07) is 0.611. The first-order valence-electron chi connectivity index (χ1n) is 13.6. The van der Waals surface area contributed by atoms with Crippen molar-refractivity contribution in [2.45, 2.75) is 95.2 Å². The molecule has 0 spiro atoms. The number of piperazine rings is 1. The van der Waals surface area contributed by atoms with Crippen molar-refractivity contribution in [3.05, 3.63) is 11.3 Å². The summed E-state index contributed by atoms with van der Waals surface area (Å²) in [7, 11) is 0. The van der Waals surface area contributed by atoms with Gasteiger partial charge in [-0.15, -0.1) is 0 Å². The van der Waals surface area contributed by atoms with E-state index in [1.165, 1.54) is 5.56 Å². The molecule has 36 heavy (non-hydrogen) atoms. The molecule has 0 aliphatic carbocycles. The largest absolute Gasteiger partial charge is 0.461 e. The third-order valence-electron chi connectivity index (χ3n) is 8.51. The van der Waals surface area contributed by atoms with Gasteiger partial charge in [0.15, 0.2) is 0 Å². The Kier molecular flexibility index (Phi) is 6.02. The lowest BCUT2D eigenvalue weighted by Crippen LogP contribution is -2.57. The number of anilines is 1. The third-order valence-corrected chi connectivity index (χ3v) is 8.51. The van der Waals surface area contributed by atoms with Crippen LogP contribution in [0.4, 0.5) is 15.0 Å². The van der Waals surface area contributed by atoms with Crippen LogP contribution < -0.4 is 15.0 Å². The average molecular weight is 503 g/mol. The summed E-state index contributed by atoms with van der Waals surface area (Å²) in [5.74, 6) is 0.938. The Bertz CT molecular complexity index is 1000. The molecule has 5 aliphatic heterocycles. The van der Waals surface area contributed by atoms with Gasteiger partial charge in [-0.1, -0.05) is 0 Å². The molecular formula is C26H39FN6O3. The quantitative estimate of drug-likeness (QED) is 0.673. The van der Waals surface area contributed by atoms with E-state index in [1.807, 2.05) is 25.7 Å². The lowest BCUT2D eigenvalue weighted by atomic mass is 9.95. The number of aromatic nitrogens is 2. The molecule has 5 aliphatic rings. The summed E-state index contributed by atoms with van der Waals surface area (Å²) < 4.78 is 26.2. The highest BCUT2D eigenvalue weighted by molar-refractivity contribution is 5.70. The van der Waals surface area contributed by atoms with E-state index < -0.39 is 11.8 Å². The van der Waals surface area contributed by atoms with Gasteiger partial charge in [0.25, 0.3) is 0 Å². The van der Waals surface area contributed by atoms with Gasteiger partial charge in [0.05, 0.1) is 23.3 Å². The van der Waals surface area contributed by atoms with Crippen molar-refractivity contribution >= 4 is 11.9 Å². The molecule has 198 valence electrons. The first kappa shape index (κ1) is 24.2. The maximum Gasteiger partial charge on any atom is 0.410 e. The number of halogens is 1. The molecule has 4 fully saturated rings. The minimum absolute atomic E-state index is 0.112. The molecule has 6 rings (SSSR count). The van der Waals surface area contributed by atoms with Crippen LogP contribution in [0.3, 0.4) is 0 Å². The first-order chi connectivity index (χ1) is 17.2. The first-order valence-corrected chi connectivity index (χ1v) is 13.6. The summed E-state index contributed by atoms with van der Waals surface area (Å²) in [6.45, 7) is 10.7. The van der Waals surface area contributed by atoms with Crippen molar-refractivity contribution < 1.29 is 18.7 Å². The second-order valence-corrected chi connectivity index (χ2v) is 12.2. The Labute approximate surface area is 212 Å². The van der Waals surface area contributed by atoms with Crippen LogP contribution in [-0.4, -0.2) is 94.6 Å². The number of hydrogen-bond donors (Lipinski definition) is 1. The van der Waals surface area contributed by atoms with Gasteiger partial charge in [0.1, 0.15) is 24.2 Å². The highest BCUT2D eigenvalue weighted by atomic mass is 19.1. The molecule has 0 saturated carbocycles. The molecule has 10 heteroatoms. The summed E-state index contributed by atoms with van der Waals surface area (Å²) >= 11 is 0. The van der Waals surface area contributed by atoms with Crippen LogP contribution in [0.5, 0.6) is 6.01 Å². The molecule has 0 radical (unpaired) electrons. The number of fused-ring (bicyclic) bond motifs is 4. The van der Waals surface area contributed by atoms with E-state index >= 15 is 0 Å². The van der Waals surface area contributed by atoms with Crippen molar-refractivity contribution in [2.24, 2.45) is 0 Å². The van der Waals surface area contributed by atoms with Crippen molar-refractivity contribution in [1.82, 2.24) is 25.1 Å². The summed E-state index contributed by atoms with van der Waals surface area (Å²) in [4.78, 5) is 29.2. The van der Waals surface area contributed by atoms with Gasteiger partial charge in [0, 0.05) is 38.2 Å². The SMILES string of the molecule is CC(C)(C)OC(=O)N1[C@@H]2CC[C@H]1CN(c1nc(OCC34CCCN3CC(F)C4)nc3c1CCNC3)C2. The number of carbonyl (C=O) groups excluding carboxylic acids is 1. The number of nitrogens with one attached hydrogen (secondary N) is 1. The monoisotopic (exact) mass is 502 g/mol. The highest BCUT2D eigenvalue weighted by Crippen LogP contribution is 2.41. The van der Waals surface area contributed by atoms with Gasteiger partial charge in [-0.25, -0.2) is 9.18 Å². The molecule has 1 aromatic rings. The van der Waals surface area contributed by atoms with Crippen LogP contribution >= 0.6 is 0 Å². The van der Waals surface area contributed by atoms with E-state index in [0.29, 0.717) is 32.1 Å². The molecule has 6 heterocycles. The van der Waals surface area contributed by atoms with Crippen LogP contribution in [0.15, 0.2) is 0 Å². The topological polar surface area (TPSA) is 83.1 Å². The van der Waals surface area contributed by atoms with E-state index in [2.05, 4.69) is 15.1 Å². The van der Waals surface area contributed by atoms with Crippen LogP contribution in [0.1, 0.15) is 64.1 Å². The lowest BCUT2D eigenvalue weighted by molar-refractivity contribution is 0.0122. The van der Waals surface area contributed by atoms with E-state index in [4.69, 9.17) is 19.4 Å². The number of ether oxygens (including phenoxy) is 2. The summed E-state index contributed by atoms with van der Waals surface area (Å²) in [5.41, 5.74) is 1.43. The fraction of sp³-hybridized carbons (Fsp3) is 0.808. The molecule has 1 aromatic heterocycles. The van der Waals surface area contributed by atoms with Gasteiger partial charge in [-0.05, 0) is 66.0 Å². The molecular weight excluding hydrogens is 463 g/mol. The molecule has 4 atom stereocenters. The number of alkyl halides is 1. The summed E-state index contributed by atoms with van der Waals surface area (Å²) in [5, 5.41) is 3.42. The molecule has 1 amide bonds. The maximum atomic E-state index is 14.2. The second-order valence-electron chi connectivity index (χ2n) is 12.2. The van der Waals surface area contributed by atoms with Crippen molar-refractivity contribution in [3.63, 3.8) is 0 Å². The third kappa shape index (κ3) is 4.40. The molecule has 9 nitrogen and oxygen atoms in total. The van der Waals surface area contributed by atoms with Crippen LogP contribution in [0, 0.1) is 0 Å². The molecule has 1 N–H and O–H groups in total. The van der Waals surface area contributed by atoms with Crippen LogP contribution in [0.25, 0.3) is 0 Å². The predicted molar refractivity (Wildman–Crippen MR) is 133 cm³/mol. The van der Waals surface area contributed by atoms with Gasteiger partial charge in [-0.3, -0.25) is 9.80 Å². The second kappa shape index (κ2) is 8.97. The van der Waals surface area contributed by atoms with Crippen molar-refractivity contribution in [1.29, 1.82) is 0 Å². The Hall–Kier alpha value is -2.20. The van der Waals surface area contributed by atoms with E-state index in [9.17, 15) is 9.18 Å². The van der Waals surface area contributed by atoms with E-state index in [0.717, 1.165) is 69.8 Å². The van der Waals surface area contributed by atoms with E-state index in [1.54, 1.807) is 0 Å². The zero-order valence-electron chi connectivity index (χ0n) is 21.8. The fourth-order valence-corrected chi connectivity index (χ4v) is 6.98. The van der Waals surface area contributed by atoms with Gasteiger partial charge in [0.2, 0.25) is 0 Å².